The van der Waals surface area contributed by atoms with Gasteiger partial charge in [0.25, 0.3) is 0 Å². The van der Waals surface area contributed by atoms with Gasteiger partial charge in [-0.3, -0.25) is 4.68 Å². The third kappa shape index (κ3) is 3.56. The summed E-state index contributed by atoms with van der Waals surface area (Å²) in [6, 6.07) is 2.66. The predicted octanol–water partition coefficient (Wildman–Crippen LogP) is 2.95. The van der Waals surface area contributed by atoms with Crippen molar-refractivity contribution in [2.45, 2.75) is 64.5 Å². The van der Waals surface area contributed by atoms with Crippen molar-refractivity contribution in [3.8, 4) is 0 Å². The van der Waals surface area contributed by atoms with E-state index in [1.165, 1.54) is 25.7 Å². The number of hydrogen-bond acceptors (Lipinski definition) is 2. The van der Waals surface area contributed by atoms with Crippen molar-refractivity contribution in [2.24, 2.45) is 5.92 Å². The second-order valence-corrected chi connectivity index (χ2v) is 5.71. The second kappa shape index (κ2) is 5.67. The summed E-state index contributed by atoms with van der Waals surface area (Å²) in [6.07, 6.45) is 8.56. The van der Waals surface area contributed by atoms with Crippen molar-refractivity contribution in [3.63, 3.8) is 0 Å². The molecule has 1 aliphatic carbocycles. The summed E-state index contributed by atoms with van der Waals surface area (Å²) in [7, 11) is 0. The highest BCUT2D eigenvalue weighted by molar-refractivity contribution is 5.01. The summed E-state index contributed by atoms with van der Waals surface area (Å²) in [5.74, 6) is 0.543. The summed E-state index contributed by atoms with van der Waals surface area (Å²) >= 11 is 0. The Hall–Kier alpha value is -0.830. The fraction of sp³-hybridized carbons (Fsp3) is 0.786. The molecular formula is C14H24N2O. The first kappa shape index (κ1) is 12.6. The Morgan fingerprint density at radius 2 is 2.12 bits per heavy atom. The first-order valence-electron chi connectivity index (χ1n) is 6.87. The molecular weight excluding hydrogens is 212 g/mol. The molecule has 1 fully saturated rings. The van der Waals surface area contributed by atoms with Gasteiger partial charge < -0.3 is 5.11 Å². The quantitative estimate of drug-likeness (QED) is 0.853. The molecule has 96 valence electrons. The summed E-state index contributed by atoms with van der Waals surface area (Å²) < 4.78 is 2.10. The molecule has 17 heavy (non-hydrogen) atoms. The van der Waals surface area contributed by atoms with Crippen LogP contribution >= 0.6 is 0 Å². The third-order valence-corrected chi connectivity index (χ3v) is 3.55. The van der Waals surface area contributed by atoms with E-state index >= 15 is 0 Å². The average molecular weight is 236 g/mol. The molecule has 1 unspecified atom stereocenters. The lowest BCUT2D eigenvalue weighted by Gasteiger charge is -2.12. The molecule has 3 nitrogen and oxygen atoms in total. The lowest BCUT2D eigenvalue weighted by molar-refractivity contribution is 0.147. The van der Waals surface area contributed by atoms with Gasteiger partial charge in [-0.1, -0.05) is 26.7 Å². The van der Waals surface area contributed by atoms with E-state index < -0.39 is 0 Å². The number of nitrogens with zero attached hydrogens (tertiary/aromatic N) is 2. The Bertz CT molecular complexity index is 340. The number of aliphatic hydroxyl groups excluding tert-OH is 1. The van der Waals surface area contributed by atoms with Crippen LogP contribution in [0.5, 0.6) is 0 Å². The normalized spacial score (nSPS) is 19.1. The van der Waals surface area contributed by atoms with Crippen LogP contribution in [0.2, 0.25) is 0 Å². The Morgan fingerprint density at radius 1 is 1.41 bits per heavy atom. The van der Waals surface area contributed by atoms with Crippen molar-refractivity contribution in [1.82, 2.24) is 9.78 Å². The molecule has 0 saturated heterocycles. The largest absolute Gasteiger partial charge is 0.393 e. The lowest BCUT2D eigenvalue weighted by Crippen LogP contribution is -2.14. The molecule has 0 aliphatic heterocycles. The van der Waals surface area contributed by atoms with Crippen LogP contribution < -0.4 is 0 Å². The molecule has 0 aromatic carbocycles. The fourth-order valence-electron chi connectivity index (χ4n) is 2.73. The molecule has 2 rings (SSSR count). The molecule has 1 aromatic rings. The molecule has 1 N–H and O–H groups in total. The minimum Gasteiger partial charge on any atom is -0.393 e. The van der Waals surface area contributed by atoms with Crippen molar-refractivity contribution < 1.29 is 5.11 Å². The van der Waals surface area contributed by atoms with Gasteiger partial charge in [-0.2, -0.15) is 5.10 Å². The van der Waals surface area contributed by atoms with Crippen LogP contribution in [-0.2, 0) is 6.42 Å². The first-order valence-corrected chi connectivity index (χ1v) is 6.87. The van der Waals surface area contributed by atoms with Crippen molar-refractivity contribution >= 4 is 0 Å². The van der Waals surface area contributed by atoms with Gasteiger partial charge in [0.2, 0.25) is 0 Å². The van der Waals surface area contributed by atoms with Crippen LogP contribution in [0, 0.1) is 5.92 Å². The van der Waals surface area contributed by atoms with Crippen molar-refractivity contribution in [1.29, 1.82) is 0 Å². The summed E-state index contributed by atoms with van der Waals surface area (Å²) in [5, 5.41) is 14.5. The van der Waals surface area contributed by atoms with E-state index in [-0.39, 0.29) is 6.10 Å². The summed E-state index contributed by atoms with van der Waals surface area (Å²) in [6.45, 7) is 4.28. The molecule has 1 saturated carbocycles. The van der Waals surface area contributed by atoms with E-state index in [1.54, 1.807) is 0 Å². The molecule has 1 aliphatic rings. The zero-order chi connectivity index (χ0) is 12.3. The zero-order valence-corrected chi connectivity index (χ0v) is 11.0. The minimum absolute atomic E-state index is 0.248. The van der Waals surface area contributed by atoms with E-state index in [2.05, 4.69) is 35.9 Å². The van der Waals surface area contributed by atoms with Crippen LogP contribution in [0.1, 0.15) is 57.7 Å². The van der Waals surface area contributed by atoms with E-state index in [9.17, 15) is 5.11 Å². The highest BCUT2D eigenvalue weighted by Gasteiger charge is 2.18. The number of rotatable bonds is 5. The average Bonchev–Trinajstić information content (AvgIpc) is 2.84. The smallest absolute Gasteiger partial charge is 0.0650 e. The van der Waals surface area contributed by atoms with Gasteiger partial charge in [0.15, 0.2) is 0 Å². The van der Waals surface area contributed by atoms with Gasteiger partial charge in [-0.05, 0) is 31.2 Å². The van der Waals surface area contributed by atoms with Crippen LogP contribution in [-0.4, -0.2) is 21.0 Å². The van der Waals surface area contributed by atoms with E-state index in [0.717, 1.165) is 12.1 Å². The first-order chi connectivity index (χ1) is 8.15. The van der Waals surface area contributed by atoms with Crippen molar-refractivity contribution in [2.75, 3.05) is 0 Å². The standard InChI is InChI=1S/C14H24N2O/c1-11(2)9-14(17)10-12-7-8-16(15-12)13-5-3-4-6-13/h7-8,11,13-14,17H,3-6,9-10H2,1-2H3. The van der Waals surface area contributed by atoms with Gasteiger partial charge in [0, 0.05) is 12.6 Å². The highest BCUT2D eigenvalue weighted by atomic mass is 16.3. The van der Waals surface area contributed by atoms with Crippen molar-refractivity contribution in [3.05, 3.63) is 18.0 Å². The molecule has 1 aromatic heterocycles. The van der Waals surface area contributed by atoms with E-state index in [0.29, 0.717) is 18.4 Å². The zero-order valence-electron chi connectivity index (χ0n) is 11.0. The number of hydrogen-bond donors (Lipinski definition) is 1. The Balaban J connectivity index is 1.89. The summed E-state index contributed by atoms with van der Waals surface area (Å²) in [5.41, 5.74) is 1.03. The van der Waals surface area contributed by atoms with E-state index in [1.807, 2.05) is 0 Å². The molecule has 0 spiro atoms. The highest BCUT2D eigenvalue weighted by Crippen LogP contribution is 2.28. The second-order valence-electron chi connectivity index (χ2n) is 5.71. The fourth-order valence-corrected chi connectivity index (χ4v) is 2.73. The molecule has 0 amide bonds. The minimum atomic E-state index is -0.248. The van der Waals surface area contributed by atoms with E-state index in [4.69, 9.17) is 0 Å². The maximum atomic E-state index is 9.90. The Labute approximate surface area is 104 Å². The van der Waals surface area contributed by atoms with Crippen LogP contribution in [0.4, 0.5) is 0 Å². The van der Waals surface area contributed by atoms with Gasteiger partial charge in [0.1, 0.15) is 0 Å². The van der Waals surface area contributed by atoms with Gasteiger partial charge in [-0.15, -0.1) is 0 Å². The van der Waals surface area contributed by atoms with Gasteiger partial charge >= 0.3 is 0 Å². The third-order valence-electron chi connectivity index (χ3n) is 3.55. The topological polar surface area (TPSA) is 38.0 Å². The Kier molecular flexibility index (Phi) is 4.21. The lowest BCUT2D eigenvalue weighted by atomic mass is 10.0. The van der Waals surface area contributed by atoms with Crippen LogP contribution in [0.15, 0.2) is 12.3 Å². The maximum absolute atomic E-state index is 9.90. The number of aromatic nitrogens is 2. The number of aliphatic hydroxyl groups is 1. The van der Waals surface area contributed by atoms with Gasteiger partial charge in [-0.25, -0.2) is 0 Å². The predicted molar refractivity (Wildman–Crippen MR) is 68.9 cm³/mol. The molecule has 1 atom stereocenters. The SMILES string of the molecule is CC(C)CC(O)Cc1ccn(C2CCCC2)n1. The molecule has 1 heterocycles. The molecule has 0 bridgehead atoms. The summed E-state index contributed by atoms with van der Waals surface area (Å²) in [4.78, 5) is 0. The van der Waals surface area contributed by atoms with Gasteiger partial charge in [0.05, 0.1) is 17.8 Å². The maximum Gasteiger partial charge on any atom is 0.0650 e. The molecule has 3 heteroatoms. The van der Waals surface area contributed by atoms with Crippen LogP contribution in [0.25, 0.3) is 0 Å². The Morgan fingerprint density at radius 3 is 2.76 bits per heavy atom. The van der Waals surface area contributed by atoms with Crippen LogP contribution in [0.3, 0.4) is 0 Å². The molecule has 0 radical (unpaired) electrons. The monoisotopic (exact) mass is 236 g/mol.